The van der Waals surface area contributed by atoms with Crippen molar-refractivity contribution in [3.63, 3.8) is 0 Å². The predicted molar refractivity (Wildman–Crippen MR) is 71.2 cm³/mol. The molecule has 2 aromatic rings. The number of hydrogen-bond acceptors (Lipinski definition) is 4. The maximum absolute atomic E-state index is 10.9. The minimum Gasteiger partial charge on any atom is -0.477 e. The van der Waals surface area contributed by atoms with Gasteiger partial charge in [-0.25, -0.2) is 14.8 Å². The van der Waals surface area contributed by atoms with E-state index in [0.29, 0.717) is 5.69 Å². The van der Waals surface area contributed by atoms with Crippen LogP contribution in [-0.4, -0.2) is 21.0 Å². The molecule has 0 radical (unpaired) electrons. The van der Waals surface area contributed by atoms with Crippen molar-refractivity contribution in [1.29, 1.82) is 0 Å². The Balaban J connectivity index is 2.35. The quantitative estimate of drug-likeness (QED) is 0.911. The molecule has 1 aromatic heterocycles. The van der Waals surface area contributed by atoms with Crippen molar-refractivity contribution < 1.29 is 9.90 Å². The molecule has 2 N–H and O–H groups in total. The molecule has 0 unspecified atom stereocenters. The summed E-state index contributed by atoms with van der Waals surface area (Å²) in [5.41, 5.74) is 1.34. The molecule has 5 nitrogen and oxygen atoms in total. The lowest BCUT2D eigenvalue weighted by Gasteiger charge is -2.08. The Morgan fingerprint density at radius 1 is 1.33 bits per heavy atom. The molecule has 0 saturated heterocycles. The fraction of sp³-hybridized carbons (Fsp3) is 0.0833. The Labute approximate surface area is 112 Å². The molecule has 0 bridgehead atoms. The van der Waals surface area contributed by atoms with Crippen molar-refractivity contribution in [2.24, 2.45) is 0 Å². The smallest absolute Gasteiger partial charge is 0.354 e. The van der Waals surface area contributed by atoms with Crippen LogP contribution in [0.3, 0.4) is 0 Å². The average molecular weight is 308 g/mol. The second kappa shape index (κ2) is 5.14. The van der Waals surface area contributed by atoms with Gasteiger partial charge < -0.3 is 10.4 Å². The van der Waals surface area contributed by atoms with E-state index < -0.39 is 5.97 Å². The summed E-state index contributed by atoms with van der Waals surface area (Å²) >= 11 is 3.39. The standard InChI is InChI=1S/C12H10BrN3O2/c1-7-6-10(11(17)18)16-12(14-7)15-9-5-3-2-4-8(9)13/h2-6H,1H3,(H,17,18)(H,14,15,16). The van der Waals surface area contributed by atoms with E-state index in [0.717, 1.165) is 10.2 Å². The van der Waals surface area contributed by atoms with Crippen LogP contribution in [0.4, 0.5) is 11.6 Å². The van der Waals surface area contributed by atoms with Crippen molar-refractivity contribution in [3.8, 4) is 0 Å². The first-order chi connectivity index (χ1) is 8.56. The Morgan fingerprint density at radius 3 is 2.72 bits per heavy atom. The normalized spacial score (nSPS) is 10.1. The number of anilines is 2. The highest BCUT2D eigenvalue weighted by Gasteiger charge is 2.09. The summed E-state index contributed by atoms with van der Waals surface area (Å²) < 4.78 is 0.854. The van der Waals surface area contributed by atoms with Gasteiger partial charge in [-0.05, 0) is 41.1 Å². The fourth-order valence-electron chi connectivity index (χ4n) is 1.42. The second-order valence-electron chi connectivity index (χ2n) is 3.63. The molecule has 0 atom stereocenters. The van der Waals surface area contributed by atoms with Gasteiger partial charge in [0.05, 0.1) is 5.69 Å². The molecule has 0 aliphatic heterocycles. The maximum atomic E-state index is 10.9. The van der Waals surface area contributed by atoms with Gasteiger partial charge in [0.25, 0.3) is 0 Å². The molecule has 0 aliphatic carbocycles. The van der Waals surface area contributed by atoms with Crippen molar-refractivity contribution >= 4 is 33.5 Å². The highest BCUT2D eigenvalue weighted by atomic mass is 79.9. The molecule has 18 heavy (non-hydrogen) atoms. The van der Waals surface area contributed by atoms with E-state index in [2.05, 4.69) is 31.2 Å². The summed E-state index contributed by atoms with van der Waals surface area (Å²) in [4.78, 5) is 19.0. The van der Waals surface area contributed by atoms with Crippen LogP contribution in [0, 0.1) is 6.92 Å². The highest BCUT2D eigenvalue weighted by Crippen LogP contribution is 2.23. The van der Waals surface area contributed by atoms with Gasteiger partial charge in [-0.3, -0.25) is 0 Å². The lowest BCUT2D eigenvalue weighted by molar-refractivity contribution is 0.0690. The average Bonchev–Trinajstić information content (AvgIpc) is 2.31. The van der Waals surface area contributed by atoms with Crippen LogP contribution >= 0.6 is 15.9 Å². The molecule has 0 spiro atoms. The Hall–Kier alpha value is -1.95. The van der Waals surface area contributed by atoms with Gasteiger partial charge >= 0.3 is 5.97 Å². The van der Waals surface area contributed by atoms with E-state index in [4.69, 9.17) is 5.11 Å². The molecular formula is C12H10BrN3O2. The third-order valence-corrected chi connectivity index (χ3v) is 2.89. The summed E-state index contributed by atoms with van der Waals surface area (Å²) in [6, 6.07) is 8.88. The van der Waals surface area contributed by atoms with Crippen LogP contribution in [0.25, 0.3) is 0 Å². The first-order valence-electron chi connectivity index (χ1n) is 5.17. The largest absolute Gasteiger partial charge is 0.477 e. The first kappa shape index (κ1) is 12.5. The van der Waals surface area contributed by atoms with Crippen molar-refractivity contribution in [2.75, 3.05) is 5.32 Å². The Morgan fingerprint density at radius 2 is 2.06 bits per heavy atom. The van der Waals surface area contributed by atoms with Crippen LogP contribution in [0.15, 0.2) is 34.8 Å². The van der Waals surface area contributed by atoms with Gasteiger partial charge in [-0.1, -0.05) is 12.1 Å². The van der Waals surface area contributed by atoms with Crippen LogP contribution in [-0.2, 0) is 0 Å². The summed E-state index contributed by atoms with van der Waals surface area (Å²) in [5, 5.41) is 11.9. The molecule has 1 heterocycles. The molecule has 0 saturated carbocycles. The number of aryl methyl sites for hydroxylation is 1. The number of carbonyl (C=O) groups is 1. The van der Waals surface area contributed by atoms with E-state index in [1.807, 2.05) is 24.3 Å². The van der Waals surface area contributed by atoms with Crippen molar-refractivity contribution in [3.05, 3.63) is 46.2 Å². The summed E-state index contributed by atoms with van der Waals surface area (Å²) in [7, 11) is 0. The lowest BCUT2D eigenvalue weighted by atomic mass is 10.3. The van der Waals surface area contributed by atoms with Crippen LogP contribution in [0.1, 0.15) is 16.2 Å². The minimum absolute atomic E-state index is 0.0305. The highest BCUT2D eigenvalue weighted by molar-refractivity contribution is 9.10. The maximum Gasteiger partial charge on any atom is 0.354 e. The van der Waals surface area contributed by atoms with Gasteiger partial charge in [0.2, 0.25) is 5.95 Å². The SMILES string of the molecule is Cc1cc(C(=O)O)nc(Nc2ccccc2Br)n1. The second-order valence-corrected chi connectivity index (χ2v) is 4.48. The third kappa shape index (κ3) is 2.84. The minimum atomic E-state index is -1.07. The number of benzene rings is 1. The molecule has 2 rings (SSSR count). The Bertz CT molecular complexity index is 602. The van der Waals surface area contributed by atoms with E-state index >= 15 is 0 Å². The van der Waals surface area contributed by atoms with E-state index in [-0.39, 0.29) is 11.6 Å². The number of para-hydroxylation sites is 1. The zero-order chi connectivity index (χ0) is 13.1. The predicted octanol–water partition coefficient (Wildman–Crippen LogP) is 2.99. The van der Waals surface area contributed by atoms with Crippen LogP contribution in [0.2, 0.25) is 0 Å². The number of nitrogens with one attached hydrogen (secondary N) is 1. The molecule has 0 amide bonds. The Kier molecular flexibility index (Phi) is 3.57. The van der Waals surface area contributed by atoms with Crippen molar-refractivity contribution in [1.82, 2.24) is 9.97 Å². The molecule has 1 aromatic carbocycles. The third-order valence-electron chi connectivity index (χ3n) is 2.19. The molecule has 0 aliphatic rings. The molecule has 6 heteroatoms. The zero-order valence-electron chi connectivity index (χ0n) is 9.51. The number of hydrogen-bond donors (Lipinski definition) is 2. The number of halogens is 1. The number of carboxylic acid groups (broad SMARTS) is 1. The number of rotatable bonds is 3. The van der Waals surface area contributed by atoms with Gasteiger partial charge in [-0.15, -0.1) is 0 Å². The summed E-state index contributed by atoms with van der Waals surface area (Å²) in [6.07, 6.45) is 0. The lowest BCUT2D eigenvalue weighted by Crippen LogP contribution is -2.06. The van der Waals surface area contributed by atoms with Gasteiger partial charge in [0, 0.05) is 10.2 Å². The number of nitrogens with zero attached hydrogens (tertiary/aromatic N) is 2. The number of carboxylic acids is 1. The summed E-state index contributed by atoms with van der Waals surface area (Å²) in [5.74, 6) is -0.810. The van der Waals surface area contributed by atoms with Crippen molar-refractivity contribution in [2.45, 2.75) is 6.92 Å². The molecule has 0 fully saturated rings. The van der Waals surface area contributed by atoms with Gasteiger partial charge in [0.15, 0.2) is 5.69 Å². The van der Waals surface area contributed by atoms with E-state index in [1.165, 1.54) is 6.07 Å². The fourth-order valence-corrected chi connectivity index (χ4v) is 1.80. The summed E-state index contributed by atoms with van der Waals surface area (Å²) in [6.45, 7) is 1.72. The van der Waals surface area contributed by atoms with Gasteiger partial charge in [0.1, 0.15) is 0 Å². The first-order valence-corrected chi connectivity index (χ1v) is 5.96. The number of aromatic nitrogens is 2. The number of aromatic carboxylic acids is 1. The van der Waals surface area contributed by atoms with E-state index in [1.54, 1.807) is 6.92 Å². The van der Waals surface area contributed by atoms with Crippen LogP contribution in [0.5, 0.6) is 0 Å². The zero-order valence-corrected chi connectivity index (χ0v) is 11.1. The molecular weight excluding hydrogens is 298 g/mol. The monoisotopic (exact) mass is 307 g/mol. The van der Waals surface area contributed by atoms with Gasteiger partial charge in [-0.2, -0.15) is 0 Å². The van der Waals surface area contributed by atoms with Crippen LogP contribution < -0.4 is 5.32 Å². The molecule has 92 valence electrons. The topological polar surface area (TPSA) is 75.1 Å². The van der Waals surface area contributed by atoms with E-state index in [9.17, 15) is 4.79 Å².